The standard InChI is InChI=1S/C30H30N6O3.3ClH/c31-28(32)22-1-7-25(8-2-22)37-16-19-13-20(17-38-26-9-3-23(4-10-26)29(33)34)15-21(14-19)18-39-27-11-5-24(6-12-27)30(35)36;;;/h1-15H,16-18H2,(H3,31,32)(H3,33,34)(H3,35,36);3*1H. The zero-order chi connectivity index (χ0) is 27.8. The maximum absolute atomic E-state index is 7.53. The number of hydrogen-bond donors (Lipinski definition) is 6. The lowest BCUT2D eigenvalue weighted by Gasteiger charge is -2.14. The van der Waals surface area contributed by atoms with Crippen molar-refractivity contribution >= 4 is 54.7 Å². The van der Waals surface area contributed by atoms with Gasteiger partial charge in [-0.3, -0.25) is 16.2 Å². The fourth-order valence-electron chi connectivity index (χ4n) is 3.78. The van der Waals surface area contributed by atoms with Crippen LogP contribution in [-0.2, 0) is 19.8 Å². The van der Waals surface area contributed by atoms with Gasteiger partial charge in [-0.15, -0.1) is 37.2 Å². The summed E-state index contributed by atoms with van der Waals surface area (Å²) in [5.74, 6) is 2.00. The van der Waals surface area contributed by atoms with E-state index in [0.29, 0.717) is 53.8 Å². The van der Waals surface area contributed by atoms with Crippen LogP contribution < -0.4 is 31.4 Å². The quantitative estimate of drug-likeness (QED) is 0.0883. The number of benzene rings is 4. The van der Waals surface area contributed by atoms with Gasteiger partial charge in [-0.05, 0) is 108 Å². The van der Waals surface area contributed by atoms with Gasteiger partial charge in [-0.25, -0.2) is 0 Å². The molecule has 4 aromatic rings. The fraction of sp³-hybridized carbons (Fsp3) is 0.100. The lowest BCUT2D eigenvalue weighted by molar-refractivity contribution is 0.293. The van der Waals surface area contributed by atoms with Gasteiger partial charge in [0.2, 0.25) is 0 Å². The third-order valence-electron chi connectivity index (χ3n) is 5.82. The first-order valence-corrected chi connectivity index (χ1v) is 12.1. The molecule has 0 unspecified atom stereocenters. The van der Waals surface area contributed by atoms with Crippen LogP contribution in [0.1, 0.15) is 33.4 Å². The number of nitrogen functional groups attached to an aromatic ring is 3. The molecule has 0 aromatic heterocycles. The molecule has 0 amide bonds. The normalized spacial score (nSPS) is 9.71. The van der Waals surface area contributed by atoms with Gasteiger partial charge in [-0.1, -0.05) is 0 Å². The summed E-state index contributed by atoms with van der Waals surface area (Å²) in [4.78, 5) is 0. The molecule has 4 aromatic carbocycles. The maximum Gasteiger partial charge on any atom is 0.122 e. The summed E-state index contributed by atoms with van der Waals surface area (Å²) >= 11 is 0. The molecule has 42 heavy (non-hydrogen) atoms. The first kappa shape index (κ1) is 35.6. The summed E-state index contributed by atoms with van der Waals surface area (Å²) in [5.41, 5.74) is 21.3. The number of ether oxygens (including phenoxy) is 3. The number of halogens is 3. The van der Waals surface area contributed by atoms with Crippen molar-refractivity contribution in [2.75, 3.05) is 0 Å². The molecule has 0 aliphatic carbocycles. The smallest absolute Gasteiger partial charge is 0.122 e. The molecule has 9 nitrogen and oxygen atoms in total. The number of rotatable bonds is 12. The van der Waals surface area contributed by atoms with Crippen LogP contribution in [0, 0.1) is 16.2 Å². The van der Waals surface area contributed by atoms with E-state index in [9.17, 15) is 0 Å². The highest BCUT2D eigenvalue weighted by Gasteiger charge is 2.07. The molecule has 0 saturated heterocycles. The molecule has 222 valence electrons. The number of nitrogens with one attached hydrogen (secondary N) is 3. The van der Waals surface area contributed by atoms with Crippen molar-refractivity contribution < 1.29 is 14.2 Å². The Morgan fingerprint density at radius 1 is 0.429 bits per heavy atom. The van der Waals surface area contributed by atoms with Crippen molar-refractivity contribution in [1.82, 2.24) is 0 Å². The molecule has 0 heterocycles. The lowest BCUT2D eigenvalue weighted by Crippen LogP contribution is -2.10. The summed E-state index contributed by atoms with van der Waals surface area (Å²) in [6.45, 7) is 0.961. The summed E-state index contributed by atoms with van der Waals surface area (Å²) in [5, 5.41) is 22.6. The second-order valence-corrected chi connectivity index (χ2v) is 8.84. The van der Waals surface area contributed by atoms with Crippen molar-refractivity contribution in [2.24, 2.45) is 17.2 Å². The Morgan fingerprint density at radius 2 is 0.643 bits per heavy atom. The lowest BCUT2D eigenvalue weighted by atomic mass is 10.1. The van der Waals surface area contributed by atoms with E-state index in [-0.39, 0.29) is 54.7 Å². The topological polar surface area (TPSA) is 177 Å². The fourth-order valence-corrected chi connectivity index (χ4v) is 3.78. The Morgan fingerprint density at radius 3 is 0.833 bits per heavy atom. The Hall–Kier alpha value is -4.44. The Bertz CT molecular complexity index is 1290. The zero-order valence-corrected chi connectivity index (χ0v) is 24.9. The van der Waals surface area contributed by atoms with Crippen LogP contribution in [0.15, 0.2) is 91.0 Å². The number of hydrogen-bond acceptors (Lipinski definition) is 6. The van der Waals surface area contributed by atoms with E-state index in [4.69, 9.17) is 47.6 Å². The van der Waals surface area contributed by atoms with Crippen molar-refractivity contribution in [3.63, 3.8) is 0 Å². The molecule has 0 atom stereocenters. The van der Waals surface area contributed by atoms with E-state index < -0.39 is 0 Å². The summed E-state index contributed by atoms with van der Waals surface area (Å²) in [6, 6.07) is 27.2. The summed E-state index contributed by atoms with van der Waals surface area (Å²) in [7, 11) is 0. The Balaban J connectivity index is 0.00000294. The van der Waals surface area contributed by atoms with Gasteiger partial charge in [0, 0.05) is 16.7 Å². The highest BCUT2D eigenvalue weighted by molar-refractivity contribution is 5.95. The SMILES string of the molecule is Cl.Cl.Cl.N=C(N)c1ccc(OCc2cc(COc3ccc(C(=N)N)cc3)cc(COc3ccc(C(=N)N)cc3)c2)cc1. The average Bonchev–Trinajstić information content (AvgIpc) is 2.94. The predicted molar refractivity (Wildman–Crippen MR) is 174 cm³/mol. The highest BCUT2D eigenvalue weighted by atomic mass is 35.5. The summed E-state index contributed by atoms with van der Waals surface area (Å²) in [6.07, 6.45) is 0. The molecule has 0 radical (unpaired) electrons. The average molecular weight is 632 g/mol. The van der Waals surface area contributed by atoms with Crippen molar-refractivity contribution in [3.05, 3.63) is 124 Å². The van der Waals surface area contributed by atoms with E-state index >= 15 is 0 Å². The number of amidine groups is 3. The van der Waals surface area contributed by atoms with E-state index in [0.717, 1.165) is 16.7 Å². The maximum atomic E-state index is 7.53. The van der Waals surface area contributed by atoms with Crippen LogP contribution >= 0.6 is 37.2 Å². The monoisotopic (exact) mass is 630 g/mol. The van der Waals surface area contributed by atoms with Crippen molar-refractivity contribution in [1.29, 1.82) is 16.2 Å². The van der Waals surface area contributed by atoms with Crippen LogP contribution in [0.25, 0.3) is 0 Å². The molecular formula is C30H33Cl3N6O3. The Labute approximate surface area is 263 Å². The van der Waals surface area contributed by atoms with Gasteiger partial charge in [-0.2, -0.15) is 0 Å². The van der Waals surface area contributed by atoms with E-state index in [1.807, 2.05) is 18.2 Å². The highest BCUT2D eigenvalue weighted by Crippen LogP contribution is 2.20. The minimum absolute atomic E-state index is 0. The van der Waals surface area contributed by atoms with Crippen LogP contribution in [0.5, 0.6) is 17.2 Å². The van der Waals surface area contributed by atoms with Gasteiger partial charge < -0.3 is 31.4 Å². The Kier molecular flexibility index (Phi) is 14.2. The van der Waals surface area contributed by atoms with E-state index in [2.05, 4.69) is 0 Å². The van der Waals surface area contributed by atoms with Gasteiger partial charge in [0.25, 0.3) is 0 Å². The molecule has 12 heteroatoms. The molecule has 0 aliphatic heterocycles. The molecule has 0 saturated carbocycles. The van der Waals surface area contributed by atoms with Crippen molar-refractivity contribution in [2.45, 2.75) is 19.8 Å². The van der Waals surface area contributed by atoms with E-state index in [1.165, 1.54) is 0 Å². The second kappa shape index (κ2) is 16.7. The molecule has 0 spiro atoms. The molecule has 0 bridgehead atoms. The largest absolute Gasteiger partial charge is 0.489 e. The minimum atomic E-state index is 0. The van der Waals surface area contributed by atoms with Gasteiger partial charge >= 0.3 is 0 Å². The molecule has 0 fully saturated rings. The third kappa shape index (κ3) is 10.2. The second-order valence-electron chi connectivity index (χ2n) is 8.84. The third-order valence-corrected chi connectivity index (χ3v) is 5.82. The first-order valence-electron chi connectivity index (χ1n) is 12.1. The number of nitrogens with two attached hydrogens (primary N) is 3. The van der Waals surface area contributed by atoms with Crippen LogP contribution in [0.2, 0.25) is 0 Å². The molecule has 4 rings (SSSR count). The summed E-state index contributed by atoms with van der Waals surface area (Å²) < 4.78 is 17.9. The minimum Gasteiger partial charge on any atom is -0.489 e. The van der Waals surface area contributed by atoms with E-state index in [1.54, 1.807) is 72.8 Å². The van der Waals surface area contributed by atoms with Crippen LogP contribution in [0.4, 0.5) is 0 Å². The molecule has 9 N–H and O–H groups in total. The van der Waals surface area contributed by atoms with Crippen LogP contribution in [0.3, 0.4) is 0 Å². The van der Waals surface area contributed by atoms with Crippen molar-refractivity contribution in [3.8, 4) is 17.2 Å². The van der Waals surface area contributed by atoms with Crippen LogP contribution in [-0.4, -0.2) is 17.5 Å². The first-order chi connectivity index (χ1) is 18.8. The molecular weight excluding hydrogens is 599 g/mol. The van der Waals surface area contributed by atoms with Gasteiger partial charge in [0.05, 0.1) is 0 Å². The van der Waals surface area contributed by atoms with Gasteiger partial charge in [0.1, 0.15) is 54.6 Å². The predicted octanol–water partition coefficient (Wildman–Crippen LogP) is 5.54. The van der Waals surface area contributed by atoms with Gasteiger partial charge in [0.15, 0.2) is 0 Å². The zero-order valence-electron chi connectivity index (χ0n) is 22.5. The molecule has 0 aliphatic rings.